The Balaban J connectivity index is 2.02. The maximum absolute atomic E-state index is 13.4. The Morgan fingerprint density at radius 1 is 1.42 bits per heavy atom. The average Bonchev–Trinajstić information content (AvgIpc) is 2.67. The van der Waals surface area contributed by atoms with Crippen LogP contribution in [-0.2, 0) is 19.5 Å². The number of hydrogen-bond donors (Lipinski definition) is 1. The minimum atomic E-state index is -3.88. The minimum Gasteiger partial charge on any atom is -0.348 e. The predicted molar refractivity (Wildman–Crippen MR) is 66.5 cm³/mol. The van der Waals surface area contributed by atoms with Gasteiger partial charge in [-0.2, -0.15) is 0 Å². The maximum atomic E-state index is 13.4. The molecular weight excluding hydrogens is 273 g/mol. The van der Waals surface area contributed by atoms with E-state index in [2.05, 4.69) is 4.72 Å². The molecule has 7 heteroatoms. The number of benzene rings is 1. The van der Waals surface area contributed by atoms with Crippen LogP contribution in [0.25, 0.3) is 0 Å². The summed E-state index contributed by atoms with van der Waals surface area (Å²) in [5.41, 5.74) is 0. The van der Waals surface area contributed by atoms with E-state index in [1.54, 1.807) is 13.8 Å². The Morgan fingerprint density at radius 3 is 2.68 bits per heavy atom. The Kier molecular flexibility index (Phi) is 3.91. The van der Waals surface area contributed by atoms with Crippen LogP contribution in [0.2, 0.25) is 0 Å². The van der Waals surface area contributed by atoms with Gasteiger partial charge in [0.05, 0.1) is 12.7 Å². The summed E-state index contributed by atoms with van der Waals surface area (Å²) < 4.78 is 50.4. The van der Waals surface area contributed by atoms with Crippen molar-refractivity contribution in [2.75, 3.05) is 13.2 Å². The Hall–Kier alpha value is -1.02. The fourth-order valence-electron chi connectivity index (χ4n) is 1.81. The zero-order valence-electron chi connectivity index (χ0n) is 10.7. The molecule has 19 heavy (non-hydrogen) atoms. The van der Waals surface area contributed by atoms with Crippen molar-refractivity contribution in [2.24, 2.45) is 0 Å². The van der Waals surface area contributed by atoms with E-state index in [-0.39, 0.29) is 17.5 Å². The first-order chi connectivity index (χ1) is 8.80. The lowest BCUT2D eigenvalue weighted by molar-refractivity contribution is -0.137. The Labute approximate surface area is 111 Å². The topological polar surface area (TPSA) is 64.6 Å². The lowest BCUT2D eigenvalue weighted by atomic mass is 10.3. The third-order valence-electron chi connectivity index (χ3n) is 2.69. The van der Waals surface area contributed by atoms with Gasteiger partial charge in [-0.05, 0) is 26.0 Å². The van der Waals surface area contributed by atoms with Gasteiger partial charge in [0.2, 0.25) is 10.0 Å². The molecule has 1 aromatic rings. The minimum absolute atomic E-state index is 0.0418. The van der Waals surface area contributed by atoms with Crippen LogP contribution >= 0.6 is 0 Å². The summed E-state index contributed by atoms with van der Waals surface area (Å²) in [4.78, 5) is -0.367. The summed E-state index contributed by atoms with van der Waals surface area (Å²) in [7, 11) is -3.88. The first-order valence-electron chi connectivity index (χ1n) is 5.86. The molecule has 0 amide bonds. The lowest BCUT2D eigenvalue weighted by Crippen LogP contribution is -2.34. The molecule has 2 rings (SSSR count). The quantitative estimate of drug-likeness (QED) is 0.906. The van der Waals surface area contributed by atoms with E-state index in [1.165, 1.54) is 18.2 Å². The average molecular weight is 289 g/mol. The van der Waals surface area contributed by atoms with Crippen LogP contribution in [-0.4, -0.2) is 33.5 Å². The van der Waals surface area contributed by atoms with Crippen molar-refractivity contribution in [3.8, 4) is 0 Å². The molecule has 1 saturated heterocycles. The molecular formula is C12H16FNO4S. The van der Waals surface area contributed by atoms with E-state index in [4.69, 9.17) is 9.47 Å². The van der Waals surface area contributed by atoms with Crippen LogP contribution in [0.1, 0.15) is 13.8 Å². The van der Waals surface area contributed by atoms with Crippen LogP contribution in [0.3, 0.4) is 0 Å². The van der Waals surface area contributed by atoms with Gasteiger partial charge in [-0.25, -0.2) is 17.5 Å². The number of hydrogen-bond acceptors (Lipinski definition) is 4. The highest BCUT2D eigenvalue weighted by Gasteiger charge is 2.33. The van der Waals surface area contributed by atoms with Gasteiger partial charge in [-0.1, -0.05) is 12.1 Å². The van der Waals surface area contributed by atoms with Gasteiger partial charge < -0.3 is 9.47 Å². The van der Waals surface area contributed by atoms with Gasteiger partial charge in [-0.15, -0.1) is 0 Å². The fraction of sp³-hybridized carbons (Fsp3) is 0.500. The maximum Gasteiger partial charge on any atom is 0.243 e. The summed E-state index contributed by atoms with van der Waals surface area (Å²) in [6, 6.07) is 5.22. The number of rotatable bonds is 4. The molecule has 5 nitrogen and oxygen atoms in total. The number of halogens is 1. The van der Waals surface area contributed by atoms with Gasteiger partial charge >= 0.3 is 0 Å². The second-order valence-electron chi connectivity index (χ2n) is 4.73. The van der Waals surface area contributed by atoms with Gasteiger partial charge in [0.25, 0.3) is 0 Å². The van der Waals surface area contributed by atoms with Gasteiger partial charge in [-0.3, -0.25) is 0 Å². The molecule has 1 aromatic carbocycles. The number of sulfonamides is 1. The summed E-state index contributed by atoms with van der Waals surface area (Å²) >= 11 is 0. The highest BCUT2D eigenvalue weighted by molar-refractivity contribution is 7.89. The molecule has 0 aromatic heterocycles. The van der Waals surface area contributed by atoms with Crippen LogP contribution in [0.15, 0.2) is 29.2 Å². The summed E-state index contributed by atoms with van der Waals surface area (Å²) in [6.07, 6.45) is -0.378. The molecule has 1 fully saturated rings. The first kappa shape index (κ1) is 14.4. The van der Waals surface area contributed by atoms with Crippen molar-refractivity contribution in [2.45, 2.75) is 30.6 Å². The summed E-state index contributed by atoms with van der Waals surface area (Å²) in [6.45, 7) is 3.84. The molecule has 0 spiro atoms. The molecule has 0 bridgehead atoms. The second-order valence-corrected chi connectivity index (χ2v) is 6.47. The molecule has 1 aliphatic rings. The van der Waals surface area contributed by atoms with Gasteiger partial charge in [0, 0.05) is 6.54 Å². The van der Waals surface area contributed by atoms with Gasteiger partial charge in [0.15, 0.2) is 5.79 Å². The van der Waals surface area contributed by atoms with Crippen molar-refractivity contribution >= 4 is 10.0 Å². The Bertz CT molecular complexity index is 559. The normalized spacial score (nSPS) is 22.6. The van der Waals surface area contributed by atoms with Crippen LogP contribution in [0, 0.1) is 5.82 Å². The van der Waals surface area contributed by atoms with Crippen molar-refractivity contribution in [1.29, 1.82) is 0 Å². The van der Waals surface area contributed by atoms with Crippen molar-refractivity contribution in [3.63, 3.8) is 0 Å². The fourth-order valence-corrected chi connectivity index (χ4v) is 2.95. The summed E-state index contributed by atoms with van der Waals surface area (Å²) in [5.74, 6) is -1.49. The van der Waals surface area contributed by atoms with Gasteiger partial charge in [0.1, 0.15) is 10.7 Å². The highest BCUT2D eigenvalue weighted by atomic mass is 32.2. The predicted octanol–water partition coefficient (Wildman–Crippen LogP) is 1.26. The zero-order valence-corrected chi connectivity index (χ0v) is 11.5. The molecule has 1 N–H and O–H groups in total. The van der Waals surface area contributed by atoms with E-state index in [1.807, 2.05) is 0 Å². The molecule has 1 unspecified atom stereocenters. The molecule has 1 heterocycles. The van der Waals surface area contributed by atoms with E-state index in [0.29, 0.717) is 6.61 Å². The van der Waals surface area contributed by atoms with E-state index in [9.17, 15) is 12.8 Å². The first-order valence-corrected chi connectivity index (χ1v) is 7.34. The molecule has 1 atom stereocenters. The van der Waals surface area contributed by atoms with Crippen molar-refractivity contribution < 1.29 is 22.3 Å². The van der Waals surface area contributed by atoms with Crippen molar-refractivity contribution in [3.05, 3.63) is 30.1 Å². The molecule has 106 valence electrons. The van der Waals surface area contributed by atoms with Crippen LogP contribution in [0.4, 0.5) is 4.39 Å². The molecule has 1 aliphatic heterocycles. The largest absolute Gasteiger partial charge is 0.348 e. The SMILES string of the molecule is CC1(C)OCC(CNS(=O)(=O)c2ccccc2F)O1. The zero-order chi connectivity index (χ0) is 14.1. The lowest BCUT2D eigenvalue weighted by Gasteiger charge is -2.17. The van der Waals surface area contributed by atoms with Crippen molar-refractivity contribution in [1.82, 2.24) is 4.72 Å². The summed E-state index contributed by atoms with van der Waals surface area (Å²) in [5, 5.41) is 0. The van der Waals surface area contributed by atoms with E-state index in [0.717, 1.165) is 6.07 Å². The third-order valence-corrected chi connectivity index (χ3v) is 4.15. The number of nitrogens with one attached hydrogen (secondary N) is 1. The highest BCUT2D eigenvalue weighted by Crippen LogP contribution is 2.22. The van der Waals surface area contributed by atoms with E-state index >= 15 is 0 Å². The number of ether oxygens (including phenoxy) is 2. The smallest absolute Gasteiger partial charge is 0.243 e. The second kappa shape index (κ2) is 5.16. The molecule has 0 radical (unpaired) electrons. The van der Waals surface area contributed by atoms with Crippen LogP contribution < -0.4 is 4.72 Å². The third kappa shape index (κ3) is 3.50. The standard InChI is InChI=1S/C12H16FNO4S/c1-12(2)17-8-9(18-12)7-14-19(15,16)11-6-4-3-5-10(11)13/h3-6,9,14H,7-8H2,1-2H3. The van der Waals surface area contributed by atoms with E-state index < -0.39 is 21.6 Å². The monoisotopic (exact) mass is 289 g/mol. The van der Waals surface area contributed by atoms with Crippen LogP contribution in [0.5, 0.6) is 0 Å². The molecule has 0 aliphatic carbocycles. The molecule has 0 saturated carbocycles. The Morgan fingerprint density at radius 2 is 2.11 bits per heavy atom.